The lowest BCUT2D eigenvalue weighted by Crippen LogP contribution is -2.38. The van der Waals surface area contributed by atoms with E-state index in [2.05, 4.69) is 5.32 Å². The van der Waals surface area contributed by atoms with Gasteiger partial charge in [0.1, 0.15) is 12.3 Å². The van der Waals surface area contributed by atoms with Gasteiger partial charge in [-0.2, -0.15) is 0 Å². The third kappa shape index (κ3) is 6.06. The first-order chi connectivity index (χ1) is 16.2. The van der Waals surface area contributed by atoms with E-state index in [0.29, 0.717) is 22.0 Å². The Morgan fingerprint density at radius 1 is 0.941 bits per heavy atom. The fourth-order valence-corrected chi connectivity index (χ4v) is 4.58. The average Bonchev–Trinajstić information content (AvgIpc) is 2.84. The summed E-state index contributed by atoms with van der Waals surface area (Å²) in [7, 11) is -2.61. The van der Waals surface area contributed by atoms with Crippen molar-refractivity contribution in [3.8, 4) is 5.75 Å². The van der Waals surface area contributed by atoms with E-state index >= 15 is 0 Å². The molecule has 0 unspecified atom stereocenters. The Labute approximate surface area is 203 Å². The van der Waals surface area contributed by atoms with E-state index in [9.17, 15) is 18.0 Å². The number of benzene rings is 3. The molecule has 34 heavy (non-hydrogen) atoms. The Hall–Kier alpha value is -3.56. The van der Waals surface area contributed by atoms with Crippen molar-refractivity contribution in [2.75, 3.05) is 29.9 Å². The van der Waals surface area contributed by atoms with Gasteiger partial charge in [-0.25, -0.2) is 13.2 Å². The van der Waals surface area contributed by atoms with Crippen LogP contribution in [0.5, 0.6) is 5.75 Å². The number of ether oxygens (including phenoxy) is 2. The molecule has 3 aromatic carbocycles. The molecular weight excluding hydrogens is 480 g/mol. The summed E-state index contributed by atoms with van der Waals surface area (Å²) in [5.41, 5.74) is 1.01. The van der Waals surface area contributed by atoms with Crippen LogP contribution in [-0.2, 0) is 19.6 Å². The van der Waals surface area contributed by atoms with Crippen LogP contribution >= 0.6 is 11.6 Å². The number of anilines is 2. The van der Waals surface area contributed by atoms with Gasteiger partial charge >= 0.3 is 5.97 Å². The van der Waals surface area contributed by atoms with Crippen molar-refractivity contribution in [2.24, 2.45) is 0 Å². The Balaban J connectivity index is 1.84. The molecule has 3 aromatic rings. The van der Waals surface area contributed by atoms with Gasteiger partial charge in [-0.3, -0.25) is 9.10 Å². The standard InChI is InChI=1S/C24H23ClN2O6S/c1-3-33-24(29)17-4-8-19(9-5-17)26-23(28)16-27(20-10-6-18(25)7-11-20)34(30,31)22-14-12-21(32-2)13-15-22/h4-15H,3,16H2,1-2H3,(H,26,28). The van der Waals surface area contributed by atoms with E-state index < -0.39 is 28.4 Å². The minimum absolute atomic E-state index is 0.00478. The number of halogens is 1. The Kier molecular flexibility index (Phi) is 8.14. The zero-order valence-corrected chi connectivity index (χ0v) is 20.1. The molecule has 8 nitrogen and oxygen atoms in total. The summed E-state index contributed by atoms with van der Waals surface area (Å²) in [4.78, 5) is 24.6. The maximum Gasteiger partial charge on any atom is 0.338 e. The molecule has 0 aliphatic rings. The Bertz CT molecular complexity index is 1240. The molecule has 0 aromatic heterocycles. The van der Waals surface area contributed by atoms with Crippen LogP contribution in [0.3, 0.4) is 0 Å². The van der Waals surface area contributed by atoms with E-state index in [1.165, 1.54) is 67.8 Å². The van der Waals surface area contributed by atoms with E-state index in [1.807, 2.05) is 0 Å². The minimum atomic E-state index is -4.09. The second-order valence-electron chi connectivity index (χ2n) is 7.01. The smallest absolute Gasteiger partial charge is 0.338 e. The molecule has 0 aliphatic heterocycles. The van der Waals surface area contributed by atoms with Gasteiger partial charge in [0.25, 0.3) is 10.0 Å². The van der Waals surface area contributed by atoms with Gasteiger partial charge in [-0.1, -0.05) is 11.6 Å². The monoisotopic (exact) mass is 502 g/mol. The number of esters is 1. The van der Waals surface area contributed by atoms with Crippen LogP contribution in [0.2, 0.25) is 5.02 Å². The molecule has 10 heteroatoms. The summed E-state index contributed by atoms with van der Waals surface area (Å²) in [6.07, 6.45) is 0. The predicted octanol–water partition coefficient (Wildman–Crippen LogP) is 4.36. The van der Waals surface area contributed by atoms with E-state index in [1.54, 1.807) is 19.1 Å². The maximum atomic E-state index is 13.4. The highest BCUT2D eigenvalue weighted by Gasteiger charge is 2.27. The number of nitrogens with zero attached hydrogens (tertiary/aromatic N) is 1. The summed E-state index contributed by atoms with van der Waals surface area (Å²) < 4.78 is 37.8. The highest BCUT2D eigenvalue weighted by molar-refractivity contribution is 7.92. The van der Waals surface area contributed by atoms with Crippen molar-refractivity contribution in [1.29, 1.82) is 0 Å². The lowest BCUT2D eigenvalue weighted by molar-refractivity contribution is -0.114. The predicted molar refractivity (Wildman–Crippen MR) is 130 cm³/mol. The summed E-state index contributed by atoms with van der Waals surface area (Å²) in [5.74, 6) is -0.545. The molecule has 1 amide bonds. The van der Waals surface area contributed by atoms with Gasteiger partial charge in [0.15, 0.2) is 0 Å². The van der Waals surface area contributed by atoms with Gasteiger partial charge in [0.05, 0.1) is 29.9 Å². The SMILES string of the molecule is CCOC(=O)c1ccc(NC(=O)CN(c2ccc(Cl)cc2)S(=O)(=O)c2ccc(OC)cc2)cc1. The summed E-state index contributed by atoms with van der Waals surface area (Å²) in [6.45, 7) is 1.47. The van der Waals surface area contributed by atoms with Crippen LogP contribution in [0.1, 0.15) is 17.3 Å². The first kappa shape index (κ1) is 25.1. The number of carbonyl (C=O) groups is 2. The lowest BCUT2D eigenvalue weighted by atomic mass is 10.2. The highest BCUT2D eigenvalue weighted by Crippen LogP contribution is 2.26. The highest BCUT2D eigenvalue weighted by atomic mass is 35.5. The molecule has 0 atom stereocenters. The van der Waals surface area contributed by atoms with Gasteiger partial charge < -0.3 is 14.8 Å². The molecule has 0 bridgehead atoms. The molecule has 0 fully saturated rings. The quantitative estimate of drug-likeness (QED) is 0.436. The maximum absolute atomic E-state index is 13.4. The summed E-state index contributed by atoms with van der Waals surface area (Å²) in [5, 5.41) is 3.08. The number of amides is 1. The van der Waals surface area contributed by atoms with Gasteiger partial charge in [-0.05, 0) is 79.7 Å². The Morgan fingerprint density at radius 2 is 1.56 bits per heavy atom. The van der Waals surface area contributed by atoms with Crippen molar-refractivity contribution in [3.63, 3.8) is 0 Å². The van der Waals surface area contributed by atoms with Crippen molar-refractivity contribution in [1.82, 2.24) is 0 Å². The first-order valence-corrected chi connectivity index (χ1v) is 12.1. The number of nitrogens with one attached hydrogen (secondary N) is 1. The topological polar surface area (TPSA) is 102 Å². The van der Waals surface area contributed by atoms with Crippen molar-refractivity contribution < 1.29 is 27.5 Å². The third-order valence-electron chi connectivity index (χ3n) is 4.73. The number of hydrogen-bond donors (Lipinski definition) is 1. The van der Waals surface area contributed by atoms with Gasteiger partial charge in [0, 0.05) is 10.7 Å². The summed E-state index contributed by atoms with van der Waals surface area (Å²) in [6, 6.07) is 18.1. The van der Waals surface area contributed by atoms with Crippen LogP contribution in [0.4, 0.5) is 11.4 Å². The zero-order valence-electron chi connectivity index (χ0n) is 18.5. The van der Waals surface area contributed by atoms with Crippen LogP contribution in [0, 0.1) is 0 Å². The van der Waals surface area contributed by atoms with Gasteiger partial charge in [0.2, 0.25) is 5.91 Å². The average molecular weight is 503 g/mol. The largest absolute Gasteiger partial charge is 0.497 e. The van der Waals surface area contributed by atoms with E-state index in [-0.39, 0.29) is 17.2 Å². The molecule has 0 aliphatic carbocycles. The van der Waals surface area contributed by atoms with Crippen LogP contribution < -0.4 is 14.4 Å². The minimum Gasteiger partial charge on any atom is -0.497 e. The first-order valence-electron chi connectivity index (χ1n) is 10.2. The fraction of sp³-hybridized carbons (Fsp3) is 0.167. The van der Waals surface area contributed by atoms with Crippen LogP contribution in [0.15, 0.2) is 77.7 Å². The van der Waals surface area contributed by atoms with Gasteiger partial charge in [-0.15, -0.1) is 0 Å². The lowest BCUT2D eigenvalue weighted by Gasteiger charge is -2.24. The molecule has 1 N–H and O–H groups in total. The number of sulfonamides is 1. The number of carbonyl (C=O) groups excluding carboxylic acids is 2. The summed E-state index contributed by atoms with van der Waals surface area (Å²) >= 11 is 5.95. The van der Waals surface area contributed by atoms with Crippen molar-refractivity contribution >= 4 is 44.9 Å². The Morgan fingerprint density at radius 3 is 2.12 bits per heavy atom. The number of rotatable bonds is 9. The van der Waals surface area contributed by atoms with E-state index in [4.69, 9.17) is 21.1 Å². The number of methoxy groups -OCH3 is 1. The third-order valence-corrected chi connectivity index (χ3v) is 6.77. The van der Waals surface area contributed by atoms with Crippen LogP contribution in [0.25, 0.3) is 0 Å². The second kappa shape index (κ2) is 11.0. The molecule has 0 spiro atoms. The van der Waals surface area contributed by atoms with Crippen molar-refractivity contribution in [3.05, 3.63) is 83.4 Å². The molecule has 178 valence electrons. The molecule has 0 saturated heterocycles. The normalized spacial score (nSPS) is 10.9. The number of hydrogen-bond acceptors (Lipinski definition) is 6. The second-order valence-corrected chi connectivity index (χ2v) is 9.31. The zero-order chi connectivity index (χ0) is 24.7. The van der Waals surface area contributed by atoms with Crippen molar-refractivity contribution in [2.45, 2.75) is 11.8 Å². The molecular formula is C24H23ClN2O6S. The molecule has 0 saturated carbocycles. The molecule has 0 heterocycles. The van der Waals surface area contributed by atoms with E-state index in [0.717, 1.165) is 4.31 Å². The fourth-order valence-electron chi connectivity index (χ4n) is 3.03. The molecule has 3 rings (SSSR count). The molecule has 0 radical (unpaired) electrons. The van der Waals surface area contributed by atoms with Crippen LogP contribution in [-0.4, -0.2) is 40.6 Å².